The Morgan fingerprint density at radius 3 is 2.08 bits per heavy atom. The minimum Gasteiger partial charge on any atom is -0.309 e. The quantitative estimate of drug-likeness (QED) is 0.630. The van der Waals surface area contributed by atoms with Gasteiger partial charge in [0.15, 0.2) is 0 Å². The number of rotatable bonds is 6. The summed E-state index contributed by atoms with van der Waals surface area (Å²) in [7, 11) is 5.57. The minimum absolute atomic E-state index is 0.430. The van der Waals surface area contributed by atoms with Gasteiger partial charge in [0.2, 0.25) is 0 Å². The maximum atomic E-state index is 10.9. The lowest BCUT2D eigenvalue weighted by molar-refractivity contribution is 0.359. The highest BCUT2D eigenvalue weighted by Crippen LogP contribution is 2.06. The average molecular weight is 229 g/mol. The largest absolute Gasteiger partial charge is 0.309 e. The molecule has 0 rings (SSSR count). The molecule has 13 heavy (non-hydrogen) atoms. The van der Waals surface area contributed by atoms with E-state index in [0.717, 1.165) is 13.0 Å². The third-order valence-electron chi connectivity index (χ3n) is 1.67. The highest BCUT2D eigenvalue weighted by Gasteiger charge is 2.15. The molecule has 80 valence electrons. The minimum atomic E-state index is -3.53. The van der Waals surface area contributed by atoms with E-state index in [9.17, 15) is 8.42 Å². The second-order valence-corrected chi connectivity index (χ2v) is 5.60. The van der Waals surface area contributed by atoms with Gasteiger partial charge >= 0.3 is 0 Å². The van der Waals surface area contributed by atoms with Gasteiger partial charge in [-0.15, -0.1) is 0 Å². The van der Waals surface area contributed by atoms with E-state index in [1.165, 1.54) is 4.31 Å². The smallest absolute Gasteiger partial charge is 0.299 e. The molecular formula is C7H17ClN2O2S. The van der Waals surface area contributed by atoms with Gasteiger partial charge in [-0.2, -0.15) is 12.7 Å². The first-order chi connectivity index (χ1) is 5.88. The van der Waals surface area contributed by atoms with Gasteiger partial charge < -0.3 is 4.90 Å². The van der Waals surface area contributed by atoms with E-state index >= 15 is 0 Å². The Hall–Kier alpha value is 0.160. The molecule has 0 aromatic carbocycles. The third kappa shape index (κ3) is 6.26. The molecule has 0 saturated carbocycles. The fourth-order valence-corrected chi connectivity index (χ4v) is 2.14. The fraction of sp³-hybridized carbons (Fsp3) is 1.00. The standard InChI is InChI=1S/C7H17ClN2O2S/c1-4-10(13(8,11)12)7-5-6-9(2)3/h4-7H2,1-3H3. The van der Waals surface area contributed by atoms with Gasteiger partial charge in [0.1, 0.15) is 0 Å². The van der Waals surface area contributed by atoms with Crippen molar-refractivity contribution in [1.29, 1.82) is 0 Å². The molecule has 0 fully saturated rings. The molecule has 0 aliphatic carbocycles. The van der Waals surface area contributed by atoms with Crippen molar-refractivity contribution >= 4 is 19.9 Å². The SMILES string of the molecule is CCN(CCCN(C)C)S(=O)(=O)Cl. The molecule has 0 bridgehead atoms. The van der Waals surface area contributed by atoms with Gasteiger partial charge in [0.05, 0.1) is 0 Å². The molecule has 0 aliphatic heterocycles. The Kier molecular flexibility index (Phi) is 5.87. The van der Waals surface area contributed by atoms with Crippen molar-refractivity contribution in [3.63, 3.8) is 0 Å². The number of hydrogen-bond donors (Lipinski definition) is 0. The zero-order valence-electron chi connectivity index (χ0n) is 8.33. The molecule has 0 atom stereocenters. The molecule has 4 nitrogen and oxygen atoms in total. The number of nitrogens with zero attached hydrogens (tertiary/aromatic N) is 2. The van der Waals surface area contributed by atoms with E-state index in [0.29, 0.717) is 13.1 Å². The molecule has 0 spiro atoms. The second-order valence-electron chi connectivity index (χ2n) is 3.09. The van der Waals surface area contributed by atoms with Crippen LogP contribution in [0.5, 0.6) is 0 Å². The molecule has 0 unspecified atom stereocenters. The van der Waals surface area contributed by atoms with E-state index < -0.39 is 9.24 Å². The molecular weight excluding hydrogens is 212 g/mol. The van der Waals surface area contributed by atoms with Gasteiger partial charge in [-0.05, 0) is 27.1 Å². The molecule has 0 aromatic heterocycles. The van der Waals surface area contributed by atoms with Crippen LogP contribution < -0.4 is 0 Å². The van der Waals surface area contributed by atoms with E-state index in [1.54, 1.807) is 6.92 Å². The molecule has 0 heterocycles. The van der Waals surface area contributed by atoms with E-state index in [1.807, 2.05) is 19.0 Å². The summed E-state index contributed by atoms with van der Waals surface area (Å²) in [6.07, 6.45) is 0.798. The molecule has 0 aliphatic rings. The Morgan fingerprint density at radius 1 is 1.23 bits per heavy atom. The van der Waals surface area contributed by atoms with Crippen LogP contribution in [0, 0.1) is 0 Å². The Bertz CT molecular complexity index is 229. The van der Waals surface area contributed by atoms with Crippen molar-refractivity contribution in [3.05, 3.63) is 0 Å². The third-order valence-corrected chi connectivity index (χ3v) is 3.32. The van der Waals surface area contributed by atoms with Crippen LogP contribution in [-0.4, -0.2) is 51.4 Å². The normalized spacial score (nSPS) is 12.8. The predicted molar refractivity (Wildman–Crippen MR) is 55.2 cm³/mol. The molecule has 0 radical (unpaired) electrons. The lowest BCUT2D eigenvalue weighted by Gasteiger charge is -2.17. The summed E-state index contributed by atoms with van der Waals surface area (Å²) in [5.41, 5.74) is 0. The van der Waals surface area contributed by atoms with Gasteiger partial charge in [0, 0.05) is 23.8 Å². The van der Waals surface area contributed by atoms with Gasteiger partial charge in [0.25, 0.3) is 9.24 Å². The van der Waals surface area contributed by atoms with E-state index in [4.69, 9.17) is 10.7 Å². The van der Waals surface area contributed by atoms with Gasteiger partial charge in [-0.25, -0.2) is 0 Å². The van der Waals surface area contributed by atoms with Crippen molar-refractivity contribution in [1.82, 2.24) is 9.21 Å². The second kappa shape index (κ2) is 5.80. The summed E-state index contributed by atoms with van der Waals surface area (Å²) >= 11 is 0. The summed E-state index contributed by atoms with van der Waals surface area (Å²) in [4.78, 5) is 2.01. The van der Waals surface area contributed by atoms with Crippen molar-refractivity contribution in [2.75, 3.05) is 33.7 Å². The molecule has 0 aromatic rings. The van der Waals surface area contributed by atoms with Crippen LogP contribution in [0.3, 0.4) is 0 Å². The van der Waals surface area contributed by atoms with Gasteiger partial charge in [-0.1, -0.05) is 6.92 Å². The fourth-order valence-electron chi connectivity index (χ4n) is 0.985. The number of halogens is 1. The average Bonchev–Trinajstić information content (AvgIpc) is 1.95. The summed E-state index contributed by atoms with van der Waals surface area (Å²) in [6.45, 7) is 3.55. The Balaban J connectivity index is 3.88. The Morgan fingerprint density at radius 2 is 1.77 bits per heavy atom. The summed E-state index contributed by atoms with van der Waals surface area (Å²) in [5, 5.41) is 0. The van der Waals surface area contributed by atoms with Crippen LogP contribution in [0.25, 0.3) is 0 Å². The van der Waals surface area contributed by atoms with Crippen LogP contribution in [0.2, 0.25) is 0 Å². The van der Waals surface area contributed by atoms with Crippen molar-refractivity contribution in [2.45, 2.75) is 13.3 Å². The van der Waals surface area contributed by atoms with Crippen LogP contribution >= 0.6 is 10.7 Å². The van der Waals surface area contributed by atoms with E-state index in [2.05, 4.69) is 0 Å². The lowest BCUT2D eigenvalue weighted by atomic mass is 10.4. The number of hydrogen-bond acceptors (Lipinski definition) is 3. The van der Waals surface area contributed by atoms with Gasteiger partial charge in [-0.3, -0.25) is 0 Å². The van der Waals surface area contributed by atoms with E-state index in [-0.39, 0.29) is 0 Å². The van der Waals surface area contributed by atoms with Crippen LogP contribution in [-0.2, 0) is 9.24 Å². The molecule has 0 saturated heterocycles. The zero-order chi connectivity index (χ0) is 10.5. The maximum Gasteiger partial charge on any atom is 0.299 e. The summed E-state index contributed by atoms with van der Waals surface area (Å²) in [5.74, 6) is 0. The molecule has 0 N–H and O–H groups in total. The highest BCUT2D eigenvalue weighted by molar-refractivity contribution is 8.11. The highest BCUT2D eigenvalue weighted by atomic mass is 35.7. The Labute approximate surface area is 85.0 Å². The van der Waals surface area contributed by atoms with Crippen LogP contribution in [0.15, 0.2) is 0 Å². The first-order valence-electron chi connectivity index (χ1n) is 4.22. The molecule has 6 heteroatoms. The molecule has 0 amide bonds. The van der Waals surface area contributed by atoms with Crippen molar-refractivity contribution in [2.24, 2.45) is 0 Å². The predicted octanol–water partition coefficient (Wildman–Crippen LogP) is 0.744. The van der Waals surface area contributed by atoms with Crippen molar-refractivity contribution < 1.29 is 8.42 Å². The maximum absolute atomic E-state index is 10.9. The monoisotopic (exact) mass is 228 g/mol. The summed E-state index contributed by atoms with van der Waals surface area (Å²) < 4.78 is 23.1. The lowest BCUT2D eigenvalue weighted by Crippen LogP contribution is -2.29. The topological polar surface area (TPSA) is 40.6 Å². The first kappa shape index (κ1) is 13.2. The van der Waals surface area contributed by atoms with Crippen LogP contribution in [0.1, 0.15) is 13.3 Å². The van der Waals surface area contributed by atoms with Crippen molar-refractivity contribution in [3.8, 4) is 0 Å². The van der Waals surface area contributed by atoms with Crippen LogP contribution in [0.4, 0.5) is 0 Å². The first-order valence-corrected chi connectivity index (χ1v) is 6.49. The zero-order valence-corrected chi connectivity index (χ0v) is 9.90. The summed E-state index contributed by atoms with van der Waals surface area (Å²) in [6, 6.07) is 0.